The number of rotatable bonds is 11. The third kappa shape index (κ3) is 6.14. The van der Waals surface area contributed by atoms with Crippen molar-refractivity contribution in [2.45, 2.75) is 31.2 Å². The molecule has 0 bridgehead atoms. The summed E-state index contributed by atoms with van der Waals surface area (Å²) in [5.41, 5.74) is 1.74. The van der Waals surface area contributed by atoms with Crippen molar-refractivity contribution in [1.29, 1.82) is 0 Å². The highest BCUT2D eigenvalue weighted by molar-refractivity contribution is 7.92. The SMILES string of the molecule is O=C(O)C(CCn1nnc2ccccc2c1=O)S(=O)(=O)CCc1ccc(OCc2ccccc2)cc1. The maximum Gasteiger partial charge on any atom is 0.321 e. The summed E-state index contributed by atoms with van der Waals surface area (Å²) in [4.78, 5) is 24.4. The number of carbonyl (C=O) groups is 1. The summed E-state index contributed by atoms with van der Waals surface area (Å²) >= 11 is 0. The number of hydrogen-bond acceptors (Lipinski definition) is 7. The van der Waals surface area contributed by atoms with Gasteiger partial charge in [-0.2, -0.15) is 0 Å². The minimum absolute atomic E-state index is 0.154. The van der Waals surface area contributed by atoms with E-state index in [-0.39, 0.29) is 25.1 Å². The zero-order valence-corrected chi connectivity index (χ0v) is 20.2. The van der Waals surface area contributed by atoms with Crippen molar-refractivity contribution in [3.63, 3.8) is 0 Å². The highest BCUT2D eigenvalue weighted by Crippen LogP contribution is 2.17. The maximum absolute atomic E-state index is 12.9. The van der Waals surface area contributed by atoms with Gasteiger partial charge in [-0.3, -0.25) is 9.59 Å². The number of carboxylic acids is 1. The summed E-state index contributed by atoms with van der Waals surface area (Å²) in [6.45, 7) is 0.236. The average molecular weight is 508 g/mol. The Morgan fingerprint density at radius 3 is 2.36 bits per heavy atom. The second-order valence-corrected chi connectivity index (χ2v) is 10.6. The Kier molecular flexibility index (Phi) is 7.74. The van der Waals surface area contributed by atoms with Gasteiger partial charge in [-0.1, -0.05) is 59.8 Å². The topological polar surface area (TPSA) is 128 Å². The zero-order chi connectivity index (χ0) is 25.5. The van der Waals surface area contributed by atoms with Gasteiger partial charge >= 0.3 is 5.97 Å². The lowest BCUT2D eigenvalue weighted by molar-refractivity contribution is -0.136. The van der Waals surface area contributed by atoms with Gasteiger partial charge in [0.25, 0.3) is 5.56 Å². The summed E-state index contributed by atoms with van der Waals surface area (Å²) in [6, 6.07) is 23.4. The van der Waals surface area contributed by atoms with Gasteiger partial charge < -0.3 is 9.84 Å². The molecule has 0 radical (unpaired) electrons. The first-order valence-electron chi connectivity index (χ1n) is 11.4. The van der Waals surface area contributed by atoms with Gasteiger partial charge in [0.2, 0.25) is 0 Å². The number of aromatic nitrogens is 3. The van der Waals surface area contributed by atoms with Crippen molar-refractivity contribution < 1.29 is 23.1 Å². The van der Waals surface area contributed by atoms with E-state index in [1.54, 1.807) is 48.5 Å². The molecule has 1 heterocycles. The lowest BCUT2D eigenvalue weighted by atomic mass is 10.2. The van der Waals surface area contributed by atoms with Crippen molar-refractivity contribution >= 4 is 26.7 Å². The molecule has 9 nitrogen and oxygen atoms in total. The molecule has 10 heteroatoms. The Morgan fingerprint density at radius 2 is 1.64 bits per heavy atom. The van der Waals surface area contributed by atoms with Crippen molar-refractivity contribution in [3.05, 3.63) is 100 Å². The number of nitrogens with zero attached hydrogens (tertiary/aromatic N) is 3. The normalized spacial score (nSPS) is 12.3. The standard InChI is InChI=1S/C26H25N3O6S/c30-25-22-8-4-5-9-23(22)27-28-29(25)16-14-24(26(31)32)36(33,34)17-15-19-10-12-21(13-11-19)35-18-20-6-2-1-3-7-20/h1-13,24H,14-18H2,(H,31,32). The number of aryl methyl sites for hydroxylation is 2. The van der Waals surface area contributed by atoms with Crippen LogP contribution in [0.1, 0.15) is 17.5 Å². The molecule has 0 fully saturated rings. The number of benzene rings is 3. The van der Waals surface area contributed by atoms with Crippen LogP contribution in [0, 0.1) is 0 Å². The largest absolute Gasteiger partial charge is 0.489 e. The monoisotopic (exact) mass is 507 g/mol. The molecule has 36 heavy (non-hydrogen) atoms. The Labute approximate surface area is 207 Å². The summed E-state index contributed by atoms with van der Waals surface area (Å²) < 4.78 is 32.5. The van der Waals surface area contributed by atoms with Crippen molar-refractivity contribution in [2.75, 3.05) is 5.75 Å². The molecule has 3 aromatic carbocycles. The van der Waals surface area contributed by atoms with E-state index >= 15 is 0 Å². The van der Waals surface area contributed by atoms with Crippen LogP contribution in [-0.4, -0.2) is 45.5 Å². The summed E-state index contributed by atoms with van der Waals surface area (Å²) in [7, 11) is -4.00. The fourth-order valence-electron chi connectivity index (χ4n) is 3.76. The second kappa shape index (κ2) is 11.1. The van der Waals surface area contributed by atoms with E-state index in [4.69, 9.17) is 4.74 Å². The zero-order valence-electron chi connectivity index (χ0n) is 19.4. The van der Waals surface area contributed by atoms with E-state index in [1.807, 2.05) is 30.3 Å². The first kappa shape index (κ1) is 25.1. The van der Waals surface area contributed by atoms with Crippen molar-refractivity contribution in [3.8, 4) is 5.75 Å². The number of carboxylic acid groups (broad SMARTS) is 1. The average Bonchev–Trinajstić information content (AvgIpc) is 2.89. The molecule has 0 spiro atoms. The summed E-state index contributed by atoms with van der Waals surface area (Å²) in [5, 5.41) is 16.0. The molecular formula is C26H25N3O6S. The fourth-order valence-corrected chi connectivity index (χ4v) is 5.34. The number of ether oxygens (including phenoxy) is 1. The van der Waals surface area contributed by atoms with Gasteiger partial charge in [-0.15, -0.1) is 5.10 Å². The second-order valence-electron chi connectivity index (χ2n) is 8.29. The predicted molar refractivity (Wildman–Crippen MR) is 135 cm³/mol. The summed E-state index contributed by atoms with van der Waals surface area (Å²) in [5.74, 6) is -1.15. The van der Waals surface area contributed by atoms with E-state index in [0.29, 0.717) is 23.3 Å². The van der Waals surface area contributed by atoms with Gasteiger partial charge in [0.05, 0.1) is 11.1 Å². The molecule has 4 rings (SSSR count). The minimum atomic E-state index is -4.00. The van der Waals surface area contributed by atoms with Crippen LogP contribution in [0.3, 0.4) is 0 Å². The highest BCUT2D eigenvalue weighted by Gasteiger charge is 2.32. The number of hydrogen-bond donors (Lipinski definition) is 1. The predicted octanol–water partition coefficient (Wildman–Crippen LogP) is 2.87. The number of sulfone groups is 1. The van der Waals surface area contributed by atoms with E-state index in [2.05, 4.69) is 10.3 Å². The molecule has 186 valence electrons. The lowest BCUT2D eigenvalue weighted by Crippen LogP contribution is -2.35. The summed E-state index contributed by atoms with van der Waals surface area (Å²) in [6.07, 6.45) is -0.141. The lowest BCUT2D eigenvalue weighted by Gasteiger charge is -2.14. The third-order valence-electron chi connectivity index (χ3n) is 5.79. The molecular weight excluding hydrogens is 482 g/mol. The quantitative estimate of drug-likeness (QED) is 0.328. The minimum Gasteiger partial charge on any atom is -0.489 e. The molecule has 0 aliphatic carbocycles. The van der Waals surface area contributed by atoms with Crippen LogP contribution in [-0.2, 0) is 34.2 Å². The molecule has 1 N–H and O–H groups in total. The maximum atomic E-state index is 12.9. The van der Waals surface area contributed by atoms with Gasteiger partial charge in [0, 0.05) is 6.54 Å². The molecule has 1 atom stereocenters. The van der Waals surface area contributed by atoms with E-state index < -0.39 is 26.6 Å². The molecule has 0 saturated carbocycles. The number of fused-ring (bicyclic) bond motifs is 1. The van der Waals surface area contributed by atoms with E-state index in [1.165, 1.54) is 0 Å². The molecule has 0 amide bonds. The van der Waals surface area contributed by atoms with Crippen LogP contribution in [0.5, 0.6) is 5.75 Å². The third-order valence-corrected chi connectivity index (χ3v) is 7.87. The number of aliphatic carboxylic acids is 1. The van der Waals surface area contributed by atoms with Crippen molar-refractivity contribution in [1.82, 2.24) is 15.0 Å². The highest BCUT2D eigenvalue weighted by atomic mass is 32.2. The first-order valence-corrected chi connectivity index (χ1v) is 13.1. The first-order chi connectivity index (χ1) is 17.3. The molecule has 0 aliphatic heterocycles. The molecule has 1 unspecified atom stereocenters. The molecule has 0 aliphatic rings. The Morgan fingerprint density at radius 1 is 0.944 bits per heavy atom. The van der Waals surface area contributed by atoms with Crippen LogP contribution in [0.25, 0.3) is 10.9 Å². The Balaban J connectivity index is 1.36. The van der Waals surface area contributed by atoms with Gasteiger partial charge in [-0.05, 0) is 48.2 Å². The van der Waals surface area contributed by atoms with E-state index in [0.717, 1.165) is 15.8 Å². The van der Waals surface area contributed by atoms with E-state index in [9.17, 15) is 23.1 Å². The van der Waals surface area contributed by atoms with Gasteiger partial charge in [-0.25, -0.2) is 13.1 Å². The Hall–Kier alpha value is -4.05. The van der Waals surface area contributed by atoms with Crippen LogP contribution in [0.4, 0.5) is 0 Å². The molecule has 0 saturated heterocycles. The molecule has 4 aromatic rings. The molecule has 1 aromatic heterocycles. The van der Waals surface area contributed by atoms with Gasteiger partial charge in [0.1, 0.15) is 17.9 Å². The van der Waals surface area contributed by atoms with Crippen molar-refractivity contribution in [2.24, 2.45) is 0 Å². The van der Waals surface area contributed by atoms with Crippen LogP contribution >= 0.6 is 0 Å². The van der Waals surface area contributed by atoms with Gasteiger partial charge in [0.15, 0.2) is 15.1 Å². The Bertz CT molecular complexity index is 1500. The van der Waals surface area contributed by atoms with Crippen LogP contribution in [0.2, 0.25) is 0 Å². The fraction of sp³-hybridized carbons (Fsp3) is 0.231. The van der Waals surface area contributed by atoms with Crippen LogP contribution in [0.15, 0.2) is 83.7 Å². The smallest absolute Gasteiger partial charge is 0.321 e. The van der Waals surface area contributed by atoms with Crippen LogP contribution < -0.4 is 10.3 Å².